The molecule has 0 amide bonds. The van der Waals surface area contributed by atoms with Crippen LogP contribution >= 0.6 is 0 Å². The molecule has 1 fully saturated rings. The zero-order chi connectivity index (χ0) is 8.55. The van der Waals surface area contributed by atoms with Gasteiger partial charge in [0, 0.05) is 13.0 Å². The highest BCUT2D eigenvalue weighted by Crippen LogP contribution is 2.24. The van der Waals surface area contributed by atoms with Crippen LogP contribution in [0.2, 0.25) is 0 Å². The lowest BCUT2D eigenvalue weighted by molar-refractivity contribution is 0.292. The molecule has 1 aliphatic rings. The van der Waals surface area contributed by atoms with E-state index in [9.17, 15) is 0 Å². The summed E-state index contributed by atoms with van der Waals surface area (Å²) in [6.45, 7) is 4.46. The summed E-state index contributed by atoms with van der Waals surface area (Å²) in [5, 5.41) is 11.2. The molecule has 0 aliphatic carbocycles. The van der Waals surface area contributed by atoms with Crippen LogP contribution in [0.5, 0.6) is 0 Å². The lowest BCUT2D eigenvalue weighted by Crippen LogP contribution is -2.45. The Morgan fingerprint density at radius 3 is 2.83 bits per heavy atom. The first-order chi connectivity index (χ1) is 5.79. The summed E-state index contributed by atoms with van der Waals surface area (Å²) in [7, 11) is 2.00. The molecule has 0 spiro atoms. The van der Waals surface area contributed by atoms with E-state index in [4.69, 9.17) is 0 Å². The van der Waals surface area contributed by atoms with Crippen LogP contribution in [-0.2, 0) is 7.05 Å². The smallest absolute Gasteiger partial charge is 0.135 e. The summed E-state index contributed by atoms with van der Waals surface area (Å²) >= 11 is 0. The van der Waals surface area contributed by atoms with Crippen LogP contribution < -0.4 is 5.32 Å². The van der Waals surface area contributed by atoms with Crippen molar-refractivity contribution in [2.75, 3.05) is 13.1 Å². The molecule has 12 heavy (non-hydrogen) atoms. The van der Waals surface area contributed by atoms with E-state index >= 15 is 0 Å². The predicted octanol–water partition coefficient (Wildman–Crippen LogP) is 0.138. The first-order valence-corrected chi connectivity index (χ1v) is 4.33. The van der Waals surface area contributed by atoms with E-state index in [0.29, 0.717) is 5.92 Å². The Morgan fingerprint density at radius 2 is 2.42 bits per heavy atom. The molecule has 0 aromatic carbocycles. The van der Waals surface area contributed by atoms with Gasteiger partial charge in [-0.3, -0.25) is 0 Å². The number of aromatic nitrogens is 3. The Hall–Kier alpha value is -0.900. The second kappa shape index (κ2) is 2.86. The summed E-state index contributed by atoms with van der Waals surface area (Å²) in [5.74, 6) is 2.37. The summed E-state index contributed by atoms with van der Waals surface area (Å²) in [6, 6.07) is 0. The van der Waals surface area contributed by atoms with Crippen molar-refractivity contribution in [1.29, 1.82) is 0 Å². The Morgan fingerprint density at radius 1 is 1.67 bits per heavy atom. The van der Waals surface area contributed by atoms with Crippen molar-refractivity contribution < 1.29 is 0 Å². The third-order valence-corrected chi connectivity index (χ3v) is 2.67. The van der Waals surface area contributed by atoms with Crippen LogP contribution in [-0.4, -0.2) is 27.9 Å². The molecule has 1 aromatic rings. The van der Waals surface area contributed by atoms with Crippen LogP contribution in [0, 0.1) is 5.92 Å². The van der Waals surface area contributed by atoms with E-state index in [-0.39, 0.29) is 0 Å². The molecule has 1 aromatic heterocycles. The van der Waals surface area contributed by atoms with Gasteiger partial charge in [-0.05, 0) is 19.0 Å². The molecule has 66 valence electrons. The van der Waals surface area contributed by atoms with Gasteiger partial charge in [0.15, 0.2) is 0 Å². The second-order valence-corrected chi connectivity index (χ2v) is 3.51. The van der Waals surface area contributed by atoms with Gasteiger partial charge in [0.2, 0.25) is 0 Å². The summed E-state index contributed by atoms with van der Waals surface area (Å²) in [5.41, 5.74) is 0. The number of aryl methyl sites for hydroxylation is 1. The van der Waals surface area contributed by atoms with Crippen molar-refractivity contribution in [3.05, 3.63) is 12.2 Å². The molecule has 0 radical (unpaired) electrons. The lowest BCUT2D eigenvalue weighted by atomic mass is 9.88. The number of nitrogens with zero attached hydrogens (tertiary/aromatic N) is 3. The zero-order valence-electron chi connectivity index (χ0n) is 7.49. The summed E-state index contributed by atoms with van der Waals surface area (Å²) in [4.78, 5) is 0. The van der Waals surface area contributed by atoms with E-state index in [1.54, 1.807) is 6.33 Å². The molecule has 1 N–H and O–H groups in total. The maximum atomic E-state index is 4.10. The topological polar surface area (TPSA) is 42.7 Å². The first-order valence-electron chi connectivity index (χ1n) is 4.33. The molecule has 1 atom stereocenters. The maximum absolute atomic E-state index is 4.10. The molecule has 1 saturated heterocycles. The van der Waals surface area contributed by atoms with Crippen LogP contribution in [0.4, 0.5) is 0 Å². The van der Waals surface area contributed by atoms with Gasteiger partial charge in [-0.25, -0.2) is 0 Å². The highest BCUT2D eigenvalue weighted by Gasteiger charge is 2.27. The minimum Gasteiger partial charge on any atom is -0.320 e. The largest absolute Gasteiger partial charge is 0.320 e. The fraction of sp³-hybridized carbons (Fsp3) is 0.750. The van der Waals surface area contributed by atoms with Crippen LogP contribution in [0.3, 0.4) is 0 Å². The minimum atomic E-state index is 0.527. The number of hydrogen-bond acceptors (Lipinski definition) is 3. The average molecular weight is 166 g/mol. The predicted molar refractivity (Wildman–Crippen MR) is 45.8 cm³/mol. The molecule has 1 unspecified atom stereocenters. The normalized spacial score (nSPS) is 20.5. The van der Waals surface area contributed by atoms with E-state index in [1.807, 2.05) is 11.6 Å². The second-order valence-electron chi connectivity index (χ2n) is 3.51. The first kappa shape index (κ1) is 7.73. The van der Waals surface area contributed by atoms with Crippen molar-refractivity contribution in [1.82, 2.24) is 20.1 Å². The van der Waals surface area contributed by atoms with E-state index < -0.39 is 0 Å². The van der Waals surface area contributed by atoms with Gasteiger partial charge in [-0.15, -0.1) is 10.2 Å². The van der Waals surface area contributed by atoms with Crippen molar-refractivity contribution >= 4 is 0 Å². The highest BCUT2D eigenvalue weighted by molar-refractivity contribution is 5.00. The standard InChI is InChI=1S/C8H14N4/c1-6(7-3-9-4-7)8-11-10-5-12(8)2/h5-7,9H,3-4H2,1-2H3. The molecule has 2 rings (SSSR count). The molecule has 0 bridgehead atoms. The van der Waals surface area contributed by atoms with Gasteiger partial charge in [0.25, 0.3) is 0 Å². The summed E-state index contributed by atoms with van der Waals surface area (Å²) < 4.78 is 2.00. The zero-order valence-corrected chi connectivity index (χ0v) is 7.49. The van der Waals surface area contributed by atoms with E-state index in [0.717, 1.165) is 24.8 Å². The molecule has 4 nitrogen and oxygen atoms in total. The molecular weight excluding hydrogens is 152 g/mol. The Labute approximate surface area is 72.0 Å². The third kappa shape index (κ3) is 1.12. The summed E-state index contributed by atoms with van der Waals surface area (Å²) in [6.07, 6.45) is 1.76. The fourth-order valence-electron chi connectivity index (χ4n) is 1.58. The Balaban J connectivity index is 2.13. The fourth-order valence-corrected chi connectivity index (χ4v) is 1.58. The van der Waals surface area contributed by atoms with Gasteiger partial charge >= 0.3 is 0 Å². The Bertz CT molecular complexity index is 264. The third-order valence-electron chi connectivity index (χ3n) is 2.67. The molecular formula is C8H14N4. The monoisotopic (exact) mass is 166 g/mol. The van der Waals surface area contributed by atoms with Gasteiger partial charge in [-0.2, -0.15) is 0 Å². The molecule has 0 saturated carbocycles. The molecule has 1 aliphatic heterocycles. The highest BCUT2D eigenvalue weighted by atomic mass is 15.2. The van der Waals surface area contributed by atoms with Gasteiger partial charge < -0.3 is 9.88 Å². The number of hydrogen-bond donors (Lipinski definition) is 1. The van der Waals surface area contributed by atoms with Gasteiger partial charge in [-0.1, -0.05) is 6.92 Å². The van der Waals surface area contributed by atoms with Gasteiger partial charge in [0.1, 0.15) is 12.2 Å². The molecule has 2 heterocycles. The average Bonchev–Trinajstić information content (AvgIpc) is 2.31. The Kier molecular flexibility index (Phi) is 1.84. The van der Waals surface area contributed by atoms with Crippen molar-refractivity contribution in [2.45, 2.75) is 12.8 Å². The minimum absolute atomic E-state index is 0.527. The lowest BCUT2D eigenvalue weighted by Gasteiger charge is -2.31. The van der Waals surface area contributed by atoms with Crippen molar-refractivity contribution in [3.8, 4) is 0 Å². The van der Waals surface area contributed by atoms with Crippen LogP contribution in [0.15, 0.2) is 6.33 Å². The number of rotatable bonds is 2. The van der Waals surface area contributed by atoms with E-state index in [2.05, 4.69) is 22.4 Å². The van der Waals surface area contributed by atoms with Gasteiger partial charge in [0.05, 0.1) is 0 Å². The number of nitrogens with one attached hydrogen (secondary N) is 1. The maximum Gasteiger partial charge on any atom is 0.135 e. The quantitative estimate of drug-likeness (QED) is 0.679. The SMILES string of the molecule is CC(c1nncn1C)C1CNC1. The van der Waals surface area contributed by atoms with E-state index in [1.165, 1.54) is 0 Å². The van der Waals surface area contributed by atoms with Crippen LogP contribution in [0.25, 0.3) is 0 Å². The van der Waals surface area contributed by atoms with Crippen LogP contribution in [0.1, 0.15) is 18.7 Å². The van der Waals surface area contributed by atoms with Crippen molar-refractivity contribution in [3.63, 3.8) is 0 Å². The van der Waals surface area contributed by atoms with Crippen molar-refractivity contribution in [2.24, 2.45) is 13.0 Å². The molecule has 4 heteroatoms.